The molecule has 0 unspecified atom stereocenters. The molecule has 2 rings (SSSR count). The van der Waals surface area contributed by atoms with Crippen LogP contribution in [0.4, 0.5) is 5.82 Å². The van der Waals surface area contributed by atoms with Crippen molar-refractivity contribution in [2.24, 2.45) is 0 Å². The minimum Gasteiger partial charge on any atom is -0.370 e. The molecule has 0 atom stereocenters. The Balaban J connectivity index is 2.03. The van der Waals surface area contributed by atoms with E-state index < -0.39 is 0 Å². The third-order valence-electron chi connectivity index (χ3n) is 2.75. The number of pyridine rings is 1. The highest BCUT2D eigenvalue weighted by atomic mass is 32.2. The maximum atomic E-state index is 4.57. The predicted octanol–water partition coefficient (Wildman–Crippen LogP) is 4.42. The van der Waals surface area contributed by atoms with E-state index in [0.29, 0.717) is 0 Å². The molecule has 0 radical (unpaired) electrons. The maximum Gasteiger partial charge on any atom is 0.127 e. The molecular formula is C16H20N2S. The molecule has 19 heavy (non-hydrogen) atoms. The number of anilines is 1. The van der Waals surface area contributed by atoms with Crippen LogP contribution in [0.25, 0.3) is 0 Å². The molecule has 1 heterocycles. The fraction of sp³-hybridized carbons (Fsp3) is 0.312. The van der Waals surface area contributed by atoms with Gasteiger partial charge in [-0.1, -0.05) is 35.4 Å². The summed E-state index contributed by atoms with van der Waals surface area (Å²) in [4.78, 5) is 4.57. The number of nitrogens with zero attached hydrogens (tertiary/aromatic N) is 1. The van der Waals surface area contributed by atoms with E-state index >= 15 is 0 Å². The van der Waals surface area contributed by atoms with Crippen molar-refractivity contribution in [2.45, 2.75) is 31.6 Å². The summed E-state index contributed by atoms with van der Waals surface area (Å²) in [5, 5.41) is 4.31. The topological polar surface area (TPSA) is 24.9 Å². The largest absolute Gasteiger partial charge is 0.370 e. The van der Waals surface area contributed by atoms with Crippen LogP contribution in [0.1, 0.15) is 23.6 Å². The fourth-order valence-electron chi connectivity index (χ4n) is 2.08. The Kier molecular flexibility index (Phi) is 4.86. The van der Waals surface area contributed by atoms with Crippen LogP contribution in [0, 0.1) is 13.8 Å². The van der Waals surface area contributed by atoms with E-state index in [2.05, 4.69) is 61.4 Å². The van der Waals surface area contributed by atoms with Gasteiger partial charge in [0, 0.05) is 12.3 Å². The van der Waals surface area contributed by atoms with Gasteiger partial charge in [-0.05, 0) is 38.5 Å². The summed E-state index contributed by atoms with van der Waals surface area (Å²) in [6, 6.07) is 12.8. The maximum absolute atomic E-state index is 4.57. The molecule has 100 valence electrons. The molecule has 2 nitrogen and oxygen atoms in total. The van der Waals surface area contributed by atoms with Crippen molar-refractivity contribution >= 4 is 17.6 Å². The standard InChI is InChI=1S/C16H20N2S/c1-4-17-15-6-5-7-16(18-15)19-11-14-9-12(2)8-13(3)10-14/h5-10H,4,11H2,1-3H3,(H,17,18). The van der Waals surface area contributed by atoms with Gasteiger partial charge in [-0.25, -0.2) is 4.98 Å². The van der Waals surface area contributed by atoms with Crippen LogP contribution >= 0.6 is 11.8 Å². The number of rotatable bonds is 5. The fourth-order valence-corrected chi connectivity index (χ4v) is 2.90. The number of nitrogens with one attached hydrogen (secondary N) is 1. The predicted molar refractivity (Wildman–Crippen MR) is 83.9 cm³/mol. The van der Waals surface area contributed by atoms with Crippen molar-refractivity contribution in [3.63, 3.8) is 0 Å². The zero-order chi connectivity index (χ0) is 13.7. The third-order valence-corrected chi connectivity index (χ3v) is 3.75. The highest BCUT2D eigenvalue weighted by molar-refractivity contribution is 7.98. The van der Waals surface area contributed by atoms with E-state index in [1.54, 1.807) is 11.8 Å². The van der Waals surface area contributed by atoms with E-state index in [1.165, 1.54) is 16.7 Å². The molecule has 0 aliphatic heterocycles. The number of hydrogen-bond acceptors (Lipinski definition) is 3. The highest BCUT2D eigenvalue weighted by Crippen LogP contribution is 2.23. The Morgan fingerprint density at radius 3 is 2.53 bits per heavy atom. The Morgan fingerprint density at radius 2 is 1.84 bits per heavy atom. The van der Waals surface area contributed by atoms with Crippen LogP contribution in [-0.2, 0) is 5.75 Å². The summed E-state index contributed by atoms with van der Waals surface area (Å²) in [5.74, 6) is 1.92. The highest BCUT2D eigenvalue weighted by Gasteiger charge is 2.01. The van der Waals surface area contributed by atoms with E-state index in [4.69, 9.17) is 0 Å². The second-order valence-corrected chi connectivity index (χ2v) is 5.67. The van der Waals surface area contributed by atoms with Crippen molar-refractivity contribution in [3.05, 3.63) is 53.1 Å². The lowest BCUT2D eigenvalue weighted by Gasteiger charge is -2.07. The lowest BCUT2D eigenvalue weighted by atomic mass is 10.1. The van der Waals surface area contributed by atoms with Gasteiger partial charge in [0.2, 0.25) is 0 Å². The Bertz CT molecular complexity index is 532. The molecule has 3 heteroatoms. The van der Waals surface area contributed by atoms with Gasteiger partial charge in [-0.2, -0.15) is 0 Å². The van der Waals surface area contributed by atoms with E-state index in [1.807, 2.05) is 6.07 Å². The first-order valence-electron chi connectivity index (χ1n) is 6.58. The third kappa shape index (κ3) is 4.28. The zero-order valence-electron chi connectivity index (χ0n) is 11.7. The molecule has 0 amide bonds. The first-order chi connectivity index (χ1) is 9.17. The summed E-state index contributed by atoms with van der Waals surface area (Å²) >= 11 is 1.78. The van der Waals surface area contributed by atoms with Crippen molar-refractivity contribution in [1.29, 1.82) is 0 Å². The number of aryl methyl sites for hydroxylation is 2. The average molecular weight is 272 g/mol. The minimum absolute atomic E-state index is 0.901. The van der Waals surface area contributed by atoms with Gasteiger partial charge in [-0.15, -0.1) is 11.8 Å². The summed E-state index contributed by atoms with van der Waals surface area (Å²) in [6.45, 7) is 7.27. The molecule has 0 fully saturated rings. The SMILES string of the molecule is CCNc1cccc(SCc2cc(C)cc(C)c2)n1. The molecule has 0 aliphatic rings. The Morgan fingerprint density at radius 1 is 1.11 bits per heavy atom. The molecule has 2 aromatic rings. The van der Waals surface area contributed by atoms with Gasteiger partial charge in [0.05, 0.1) is 5.03 Å². The molecule has 0 aliphatic carbocycles. The summed E-state index contributed by atoms with van der Waals surface area (Å²) in [5.41, 5.74) is 4.01. The van der Waals surface area contributed by atoms with Gasteiger partial charge in [0.15, 0.2) is 0 Å². The number of thioether (sulfide) groups is 1. The van der Waals surface area contributed by atoms with Crippen molar-refractivity contribution in [2.75, 3.05) is 11.9 Å². The Hall–Kier alpha value is -1.48. The van der Waals surface area contributed by atoms with Crippen LogP contribution in [-0.4, -0.2) is 11.5 Å². The van der Waals surface area contributed by atoms with Gasteiger partial charge in [0.25, 0.3) is 0 Å². The molecule has 1 aromatic heterocycles. The first kappa shape index (κ1) is 13.9. The van der Waals surface area contributed by atoms with Crippen molar-refractivity contribution < 1.29 is 0 Å². The van der Waals surface area contributed by atoms with E-state index in [9.17, 15) is 0 Å². The van der Waals surface area contributed by atoms with Gasteiger partial charge < -0.3 is 5.32 Å². The van der Waals surface area contributed by atoms with Crippen molar-refractivity contribution in [1.82, 2.24) is 4.98 Å². The quantitative estimate of drug-likeness (QED) is 0.815. The molecule has 1 N–H and O–H groups in total. The van der Waals surface area contributed by atoms with Crippen LogP contribution in [0.2, 0.25) is 0 Å². The second kappa shape index (κ2) is 6.62. The van der Waals surface area contributed by atoms with Crippen LogP contribution < -0.4 is 5.32 Å². The average Bonchev–Trinajstić information content (AvgIpc) is 2.36. The van der Waals surface area contributed by atoms with Crippen LogP contribution in [0.3, 0.4) is 0 Å². The van der Waals surface area contributed by atoms with Gasteiger partial charge in [0.1, 0.15) is 5.82 Å². The molecule has 0 saturated carbocycles. The summed E-state index contributed by atoms with van der Waals surface area (Å²) in [6.07, 6.45) is 0. The summed E-state index contributed by atoms with van der Waals surface area (Å²) < 4.78 is 0. The molecule has 0 saturated heterocycles. The van der Waals surface area contributed by atoms with Crippen LogP contribution in [0.5, 0.6) is 0 Å². The van der Waals surface area contributed by atoms with Crippen molar-refractivity contribution in [3.8, 4) is 0 Å². The zero-order valence-corrected chi connectivity index (χ0v) is 12.6. The molecule has 0 bridgehead atoms. The summed E-state index contributed by atoms with van der Waals surface area (Å²) in [7, 11) is 0. The van der Waals surface area contributed by atoms with E-state index in [-0.39, 0.29) is 0 Å². The number of aromatic nitrogens is 1. The lowest BCUT2D eigenvalue weighted by molar-refractivity contribution is 1.08. The first-order valence-corrected chi connectivity index (χ1v) is 7.57. The number of benzene rings is 1. The molecule has 0 spiro atoms. The van der Waals surface area contributed by atoms with Gasteiger partial charge in [-0.3, -0.25) is 0 Å². The molecule has 1 aromatic carbocycles. The Labute approximate surface area is 119 Å². The van der Waals surface area contributed by atoms with E-state index in [0.717, 1.165) is 23.1 Å². The minimum atomic E-state index is 0.901. The van der Waals surface area contributed by atoms with Gasteiger partial charge >= 0.3 is 0 Å². The normalized spacial score (nSPS) is 10.5. The van der Waals surface area contributed by atoms with Crippen LogP contribution in [0.15, 0.2) is 41.4 Å². The molecular weight excluding hydrogens is 252 g/mol. The smallest absolute Gasteiger partial charge is 0.127 e. The second-order valence-electron chi connectivity index (χ2n) is 4.68. The monoisotopic (exact) mass is 272 g/mol. The number of hydrogen-bond donors (Lipinski definition) is 1. The lowest BCUT2D eigenvalue weighted by Crippen LogP contribution is -1.99.